The lowest BCUT2D eigenvalue weighted by molar-refractivity contribution is -0.156. The van der Waals surface area contributed by atoms with E-state index in [2.05, 4.69) is 10.3 Å². The highest BCUT2D eigenvalue weighted by Gasteiger charge is 2.45. The van der Waals surface area contributed by atoms with Gasteiger partial charge in [-0.3, -0.25) is 14.6 Å². The number of piperazine rings is 1. The Hall–Kier alpha value is -1.91. The Bertz CT molecular complexity index is 554. The molecule has 114 valence electrons. The van der Waals surface area contributed by atoms with Crippen LogP contribution in [0, 0.1) is 6.92 Å². The molecule has 2 amide bonds. The summed E-state index contributed by atoms with van der Waals surface area (Å²) in [5.74, 6) is -0.107. The first-order valence-corrected chi connectivity index (χ1v) is 7.39. The number of carbonyl (C=O) groups is 2. The highest BCUT2D eigenvalue weighted by atomic mass is 16.2. The third-order valence-electron chi connectivity index (χ3n) is 3.95. The van der Waals surface area contributed by atoms with Gasteiger partial charge in [0.05, 0.1) is 0 Å². The van der Waals surface area contributed by atoms with Gasteiger partial charge in [0.25, 0.3) is 0 Å². The Kier molecular flexibility index (Phi) is 4.30. The topological polar surface area (TPSA) is 62.3 Å². The van der Waals surface area contributed by atoms with E-state index in [0.717, 1.165) is 17.5 Å². The van der Waals surface area contributed by atoms with E-state index in [-0.39, 0.29) is 11.8 Å². The Morgan fingerprint density at radius 1 is 1.33 bits per heavy atom. The first-order valence-electron chi connectivity index (χ1n) is 7.39. The molecule has 0 bridgehead atoms. The fourth-order valence-electron chi connectivity index (χ4n) is 2.63. The molecular formula is C16H23N3O2. The molecule has 1 aliphatic rings. The van der Waals surface area contributed by atoms with Crippen molar-refractivity contribution < 1.29 is 9.59 Å². The average Bonchev–Trinajstić information content (AvgIpc) is 2.42. The first-order chi connectivity index (χ1) is 9.86. The fourth-order valence-corrected chi connectivity index (χ4v) is 2.63. The van der Waals surface area contributed by atoms with Crippen LogP contribution in [0.25, 0.3) is 0 Å². The van der Waals surface area contributed by atoms with E-state index in [1.165, 1.54) is 0 Å². The summed E-state index contributed by atoms with van der Waals surface area (Å²) in [6.07, 6.45) is 5.05. The number of carbonyl (C=O) groups excluding carboxylic acids is 2. The van der Waals surface area contributed by atoms with Crippen LogP contribution in [0.1, 0.15) is 44.7 Å². The summed E-state index contributed by atoms with van der Waals surface area (Å²) in [7, 11) is 0. The molecule has 0 aromatic carbocycles. The van der Waals surface area contributed by atoms with Gasteiger partial charge in [0.2, 0.25) is 11.8 Å². The lowest BCUT2D eigenvalue weighted by Crippen LogP contribution is -2.67. The van der Waals surface area contributed by atoms with Gasteiger partial charge in [0, 0.05) is 18.9 Å². The van der Waals surface area contributed by atoms with Crippen molar-refractivity contribution in [2.75, 3.05) is 0 Å². The standard InChI is InChI=1S/C16H23N3O2/c1-5-6-13-14(20)19(16(3,4)15(21)18-13)10-12-7-11(2)8-17-9-12/h7-9,13H,5-6,10H2,1-4H3,(H,18,21). The van der Waals surface area contributed by atoms with Crippen molar-refractivity contribution in [2.24, 2.45) is 0 Å². The number of hydrogen-bond acceptors (Lipinski definition) is 3. The second-order valence-electron chi connectivity index (χ2n) is 6.17. The molecule has 5 nitrogen and oxygen atoms in total. The zero-order valence-electron chi connectivity index (χ0n) is 13.1. The molecule has 1 aliphatic heterocycles. The summed E-state index contributed by atoms with van der Waals surface area (Å²) >= 11 is 0. The lowest BCUT2D eigenvalue weighted by Gasteiger charge is -2.44. The van der Waals surface area contributed by atoms with E-state index in [0.29, 0.717) is 13.0 Å². The largest absolute Gasteiger partial charge is 0.342 e. The quantitative estimate of drug-likeness (QED) is 0.919. The summed E-state index contributed by atoms with van der Waals surface area (Å²) in [4.78, 5) is 30.8. The molecule has 1 atom stereocenters. The number of nitrogens with one attached hydrogen (secondary N) is 1. The molecule has 1 fully saturated rings. The van der Waals surface area contributed by atoms with Crippen LogP contribution in [0.15, 0.2) is 18.5 Å². The average molecular weight is 289 g/mol. The molecule has 1 N–H and O–H groups in total. The Morgan fingerprint density at radius 2 is 2.05 bits per heavy atom. The normalized spacial score (nSPS) is 21.3. The Morgan fingerprint density at radius 3 is 2.67 bits per heavy atom. The van der Waals surface area contributed by atoms with E-state index >= 15 is 0 Å². The second kappa shape index (κ2) is 5.84. The van der Waals surface area contributed by atoms with Crippen LogP contribution < -0.4 is 5.32 Å². The zero-order valence-corrected chi connectivity index (χ0v) is 13.1. The van der Waals surface area contributed by atoms with Gasteiger partial charge < -0.3 is 10.2 Å². The highest BCUT2D eigenvalue weighted by molar-refractivity contribution is 5.99. The van der Waals surface area contributed by atoms with Crippen molar-refractivity contribution in [3.8, 4) is 0 Å². The summed E-state index contributed by atoms with van der Waals surface area (Å²) in [5, 5.41) is 2.84. The molecule has 1 unspecified atom stereocenters. The number of nitrogens with zero attached hydrogens (tertiary/aromatic N) is 2. The van der Waals surface area contributed by atoms with Crippen LogP contribution in [0.4, 0.5) is 0 Å². The third-order valence-corrected chi connectivity index (χ3v) is 3.95. The molecule has 2 rings (SSSR count). The molecule has 0 spiro atoms. The number of aryl methyl sites for hydroxylation is 1. The molecule has 1 aromatic heterocycles. The molecule has 1 saturated heterocycles. The van der Waals surface area contributed by atoms with Gasteiger partial charge in [-0.2, -0.15) is 0 Å². The highest BCUT2D eigenvalue weighted by Crippen LogP contribution is 2.25. The number of pyridine rings is 1. The van der Waals surface area contributed by atoms with Gasteiger partial charge in [-0.05, 0) is 38.3 Å². The molecule has 0 radical (unpaired) electrons. The summed E-state index contributed by atoms with van der Waals surface area (Å²) in [5.41, 5.74) is 1.15. The van der Waals surface area contributed by atoms with Gasteiger partial charge in [0.1, 0.15) is 11.6 Å². The van der Waals surface area contributed by atoms with Crippen LogP contribution in [0.3, 0.4) is 0 Å². The monoisotopic (exact) mass is 289 g/mol. The number of aromatic nitrogens is 1. The lowest BCUT2D eigenvalue weighted by atomic mass is 9.93. The maximum absolute atomic E-state index is 12.7. The first kappa shape index (κ1) is 15.5. The SMILES string of the molecule is CCCC1NC(=O)C(C)(C)N(Cc2cncc(C)c2)C1=O. The second-order valence-corrected chi connectivity index (χ2v) is 6.17. The predicted molar refractivity (Wildman–Crippen MR) is 80.4 cm³/mol. The van der Waals surface area contributed by atoms with E-state index in [1.807, 2.05) is 19.9 Å². The summed E-state index contributed by atoms with van der Waals surface area (Å²) in [6.45, 7) is 7.95. The van der Waals surface area contributed by atoms with Crippen molar-refractivity contribution in [1.82, 2.24) is 15.2 Å². The van der Waals surface area contributed by atoms with Gasteiger partial charge in [-0.25, -0.2) is 0 Å². The Balaban J connectivity index is 2.28. The van der Waals surface area contributed by atoms with Gasteiger partial charge >= 0.3 is 0 Å². The third kappa shape index (κ3) is 3.06. The van der Waals surface area contributed by atoms with Gasteiger partial charge in [-0.15, -0.1) is 0 Å². The molecule has 2 heterocycles. The fraction of sp³-hybridized carbons (Fsp3) is 0.562. The molecule has 1 aromatic rings. The van der Waals surface area contributed by atoms with Crippen molar-refractivity contribution in [2.45, 2.75) is 58.7 Å². The van der Waals surface area contributed by atoms with Crippen LogP contribution in [-0.2, 0) is 16.1 Å². The van der Waals surface area contributed by atoms with Crippen molar-refractivity contribution in [1.29, 1.82) is 0 Å². The van der Waals surface area contributed by atoms with Crippen LogP contribution in [-0.4, -0.2) is 33.3 Å². The minimum atomic E-state index is -0.842. The van der Waals surface area contributed by atoms with Crippen LogP contribution in [0.2, 0.25) is 0 Å². The maximum atomic E-state index is 12.7. The minimum absolute atomic E-state index is 0.0112. The summed E-state index contributed by atoms with van der Waals surface area (Å²) < 4.78 is 0. The van der Waals surface area contributed by atoms with E-state index in [9.17, 15) is 9.59 Å². The Labute approximate surface area is 125 Å². The van der Waals surface area contributed by atoms with Gasteiger partial charge in [0.15, 0.2) is 0 Å². The zero-order chi connectivity index (χ0) is 15.6. The number of hydrogen-bond donors (Lipinski definition) is 1. The smallest absolute Gasteiger partial charge is 0.246 e. The number of rotatable bonds is 4. The van der Waals surface area contributed by atoms with E-state index in [4.69, 9.17) is 0 Å². The molecule has 21 heavy (non-hydrogen) atoms. The molecule has 5 heteroatoms. The number of amides is 2. The van der Waals surface area contributed by atoms with E-state index in [1.54, 1.807) is 31.1 Å². The minimum Gasteiger partial charge on any atom is -0.342 e. The molecule has 0 saturated carbocycles. The van der Waals surface area contributed by atoms with Crippen molar-refractivity contribution in [3.05, 3.63) is 29.6 Å². The molecule has 0 aliphatic carbocycles. The predicted octanol–water partition coefficient (Wildman–Crippen LogP) is 1.80. The molecular weight excluding hydrogens is 266 g/mol. The maximum Gasteiger partial charge on any atom is 0.246 e. The van der Waals surface area contributed by atoms with Gasteiger partial charge in [-0.1, -0.05) is 19.4 Å². The summed E-state index contributed by atoms with van der Waals surface area (Å²) in [6, 6.07) is 1.59. The van der Waals surface area contributed by atoms with Crippen molar-refractivity contribution in [3.63, 3.8) is 0 Å². The van der Waals surface area contributed by atoms with Crippen LogP contribution in [0.5, 0.6) is 0 Å². The van der Waals surface area contributed by atoms with Crippen molar-refractivity contribution >= 4 is 11.8 Å². The van der Waals surface area contributed by atoms with Crippen LogP contribution >= 0.6 is 0 Å². The van der Waals surface area contributed by atoms with E-state index < -0.39 is 11.6 Å².